The van der Waals surface area contributed by atoms with Crippen LogP contribution in [0.4, 0.5) is 11.4 Å². The standard InChI is InChI=1S/C19H24N2O3/c1-4-23-15-10-11-18(24-5-2)17(12-15)21-19(22)13-20-16-9-7-6-8-14(16)3/h6-12,20H,4-5,13H2,1-3H3,(H,21,22). The summed E-state index contributed by atoms with van der Waals surface area (Å²) in [5, 5.41) is 6.02. The predicted molar refractivity (Wildman–Crippen MR) is 97.1 cm³/mol. The van der Waals surface area contributed by atoms with E-state index in [0.717, 1.165) is 11.3 Å². The van der Waals surface area contributed by atoms with Gasteiger partial charge in [-0.1, -0.05) is 18.2 Å². The molecule has 0 heterocycles. The molecule has 0 aromatic heterocycles. The Morgan fingerprint density at radius 2 is 1.75 bits per heavy atom. The van der Waals surface area contributed by atoms with E-state index in [1.165, 1.54) is 0 Å². The zero-order chi connectivity index (χ0) is 17.4. The first kappa shape index (κ1) is 17.7. The zero-order valence-electron chi connectivity index (χ0n) is 14.4. The van der Waals surface area contributed by atoms with Gasteiger partial charge in [0.1, 0.15) is 11.5 Å². The van der Waals surface area contributed by atoms with Crippen LogP contribution < -0.4 is 20.1 Å². The molecule has 24 heavy (non-hydrogen) atoms. The quantitative estimate of drug-likeness (QED) is 0.773. The largest absolute Gasteiger partial charge is 0.494 e. The molecule has 5 nitrogen and oxygen atoms in total. The third kappa shape index (κ3) is 4.91. The number of rotatable bonds is 8. The number of nitrogens with one attached hydrogen (secondary N) is 2. The lowest BCUT2D eigenvalue weighted by Gasteiger charge is -2.14. The SMILES string of the molecule is CCOc1ccc(OCC)c(NC(=O)CNc2ccccc2C)c1. The highest BCUT2D eigenvalue weighted by molar-refractivity contribution is 5.95. The molecule has 5 heteroatoms. The molecule has 2 aromatic rings. The van der Waals surface area contributed by atoms with E-state index in [9.17, 15) is 4.79 Å². The number of ether oxygens (including phenoxy) is 2. The lowest BCUT2D eigenvalue weighted by Crippen LogP contribution is -2.22. The van der Waals surface area contributed by atoms with Crippen molar-refractivity contribution in [3.63, 3.8) is 0 Å². The van der Waals surface area contributed by atoms with Gasteiger partial charge in [0.15, 0.2) is 0 Å². The number of amides is 1. The van der Waals surface area contributed by atoms with Crippen molar-refractivity contribution in [2.24, 2.45) is 0 Å². The van der Waals surface area contributed by atoms with Crippen LogP contribution in [-0.2, 0) is 4.79 Å². The number of hydrogen-bond acceptors (Lipinski definition) is 4. The van der Waals surface area contributed by atoms with Crippen molar-refractivity contribution < 1.29 is 14.3 Å². The molecule has 0 aliphatic heterocycles. The number of anilines is 2. The van der Waals surface area contributed by atoms with Gasteiger partial charge in [0.2, 0.25) is 5.91 Å². The van der Waals surface area contributed by atoms with Crippen molar-refractivity contribution in [2.45, 2.75) is 20.8 Å². The fourth-order valence-electron chi connectivity index (χ4n) is 2.29. The van der Waals surface area contributed by atoms with Crippen LogP contribution in [-0.4, -0.2) is 25.7 Å². The Kier molecular flexibility index (Phi) is 6.49. The molecule has 128 valence electrons. The summed E-state index contributed by atoms with van der Waals surface area (Å²) in [5.41, 5.74) is 2.65. The van der Waals surface area contributed by atoms with Crippen LogP contribution in [0, 0.1) is 6.92 Å². The summed E-state index contributed by atoms with van der Waals surface area (Å²) in [5.74, 6) is 1.18. The molecule has 2 aromatic carbocycles. The normalized spacial score (nSPS) is 10.1. The third-order valence-corrected chi connectivity index (χ3v) is 3.42. The van der Waals surface area contributed by atoms with Crippen molar-refractivity contribution in [1.82, 2.24) is 0 Å². The molecular formula is C19H24N2O3. The monoisotopic (exact) mass is 328 g/mol. The third-order valence-electron chi connectivity index (χ3n) is 3.42. The Morgan fingerprint density at radius 3 is 2.46 bits per heavy atom. The van der Waals surface area contributed by atoms with Gasteiger partial charge in [0, 0.05) is 11.8 Å². The molecule has 0 bridgehead atoms. The second-order valence-electron chi connectivity index (χ2n) is 5.24. The Morgan fingerprint density at radius 1 is 1.00 bits per heavy atom. The Hall–Kier alpha value is -2.69. The Bertz CT molecular complexity index is 686. The van der Waals surface area contributed by atoms with E-state index < -0.39 is 0 Å². The summed E-state index contributed by atoms with van der Waals surface area (Å²) < 4.78 is 11.0. The van der Waals surface area contributed by atoms with Crippen molar-refractivity contribution in [2.75, 3.05) is 30.4 Å². The second kappa shape index (κ2) is 8.82. The van der Waals surface area contributed by atoms with Crippen LogP contribution >= 0.6 is 0 Å². The van der Waals surface area contributed by atoms with Crippen LogP contribution in [0.15, 0.2) is 42.5 Å². The fourth-order valence-corrected chi connectivity index (χ4v) is 2.29. The highest BCUT2D eigenvalue weighted by Crippen LogP contribution is 2.29. The minimum atomic E-state index is -0.146. The second-order valence-corrected chi connectivity index (χ2v) is 5.24. The molecule has 0 aliphatic rings. The van der Waals surface area contributed by atoms with Gasteiger partial charge in [0.25, 0.3) is 0 Å². The number of aryl methyl sites for hydroxylation is 1. The van der Waals surface area contributed by atoms with Gasteiger partial charge in [-0.05, 0) is 44.5 Å². The molecule has 0 saturated carbocycles. The molecule has 0 saturated heterocycles. The van der Waals surface area contributed by atoms with Gasteiger partial charge in [-0.2, -0.15) is 0 Å². The van der Waals surface area contributed by atoms with Gasteiger partial charge in [-0.3, -0.25) is 4.79 Å². The first-order chi connectivity index (χ1) is 11.6. The van der Waals surface area contributed by atoms with E-state index in [0.29, 0.717) is 30.4 Å². The lowest BCUT2D eigenvalue weighted by molar-refractivity contribution is -0.114. The fraction of sp³-hybridized carbons (Fsp3) is 0.316. The zero-order valence-corrected chi connectivity index (χ0v) is 14.4. The minimum Gasteiger partial charge on any atom is -0.494 e. The smallest absolute Gasteiger partial charge is 0.243 e. The van der Waals surface area contributed by atoms with Crippen LogP contribution in [0.1, 0.15) is 19.4 Å². The van der Waals surface area contributed by atoms with E-state index in [2.05, 4.69) is 10.6 Å². The maximum atomic E-state index is 12.3. The first-order valence-electron chi connectivity index (χ1n) is 8.13. The molecule has 0 spiro atoms. The molecule has 0 radical (unpaired) electrons. The molecular weight excluding hydrogens is 304 g/mol. The van der Waals surface area contributed by atoms with Gasteiger partial charge in [0.05, 0.1) is 25.4 Å². The highest BCUT2D eigenvalue weighted by atomic mass is 16.5. The van der Waals surface area contributed by atoms with E-state index in [4.69, 9.17) is 9.47 Å². The maximum Gasteiger partial charge on any atom is 0.243 e. The van der Waals surface area contributed by atoms with Crippen molar-refractivity contribution in [3.05, 3.63) is 48.0 Å². The minimum absolute atomic E-state index is 0.146. The summed E-state index contributed by atoms with van der Waals surface area (Å²) in [6, 6.07) is 13.3. The molecule has 0 unspecified atom stereocenters. The Labute approximate surface area is 143 Å². The topological polar surface area (TPSA) is 59.6 Å². The molecule has 2 rings (SSSR count). The number of hydrogen-bond donors (Lipinski definition) is 2. The van der Waals surface area contributed by atoms with Crippen molar-refractivity contribution >= 4 is 17.3 Å². The van der Waals surface area contributed by atoms with Crippen LogP contribution in [0.3, 0.4) is 0 Å². The number of benzene rings is 2. The van der Waals surface area contributed by atoms with Crippen molar-refractivity contribution in [3.8, 4) is 11.5 Å². The first-order valence-corrected chi connectivity index (χ1v) is 8.13. The summed E-state index contributed by atoms with van der Waals surface area (Å²) in [7, 11) is 0. The van der Waals surface area contributed by atoms with Crippen LogP contribution in [0.25, 0.3) is 0 Å². The van der Waals surface area contributed by atoms with Gasteiger partial charge < -0.3 is 20.1 Å². The van der Waals surface area contributed by atoms with E-state index in [1.54, 1.807) is 12.1 Å². The van der Waals surface area contributed by atoms with E-state index in [-0.39, 0.29) is 12.5 Å². The average Bonchev–Trinajstić information content (AvgIpc) is 2.57. The van der Waals surface area contributed by atoms with Crippen molar-refractivity contribution in [1.29, 1.82) is 0 Å². The average molecular weight is 328 g/mol. The number of carbonyl (C=O) groups is 1. The number of carbonyl (C=O) groups excluding carboxylic acids is 1. The summed E-state index contributed by atoms with van der Waals surface area (Å²) in [6.07, 6.45) is 0. The van der Waals surface area contributed by atoms with Crippen LogP contribution in [0.5, 0.6) is 11.5 Å². The van der Waals surface area contributed by atoms with Gasteiger partial charge >= 0.3 is 0 Å². The molecule has 0 aliphatic carbocycles. The molecule has 2 N–H and O–H groups in total. The highest BCUT2D eigenvalue weighted by Gasteiger charge is 2.10. The number of para-hydroxylation sites is 1. The summed E-state index contributed by atoms with van der Waals surface area (Å²) in [4.78, 5) is 12.3. The van der Waals surface area contributed by atoms with Gasteiger partial charge in [-0.15, -0.1) is 0 Å². The van der Waals surface area contributed by atoms with E-state index in [1.807, 2.05) is 51.1 Å². The Balaban J connectivity index is 2.04. The lowest BCUT2D eigenvalue weighted by atomic mass is 10.2. The predicted octanol–water partition coefficient (Wildman–Crippen LogP) is 3.84. The molecule has 1 amide bonds. The summed E-state index contributed by atoms with van der Waals surface area (Å²) in [6.45, 7) is 7.09. The maximum absolute atomic E-state index is 12.3. The van der Waals surface area contributed by atoms with E-state index >= 15 is 0 Å². The molecule has 0 atom stereocenters. The van der Waals surface area contributed by atoms with Crippen LogP contribution in [0.2, 0.25) is 0 Å². The summed E-state index contributed by atoms with van der Waals surface area (Å²) >= 11 is 0. The van der Waals surface area contributed by atoms with Gasteiger partial charge in [-0.25, -0.2) is 0 Å². The molecule has 0 fully saturated rings.